The smallest absolute Gasteiger partial charge is 0.330 e. The molecule has 0 spiro atoms. The maximum absolute atomic E-state index is 11.6. The van der Waals surface area contributed by atoms with Gasteiger partial charge in [-0.1, -0.05) is 0 Å². The van der Waals surface area contributed by atoms with Crippen molar-refractivity contribution in [1.29, 1.82) is 0 Å². The van der Waals surface area contributed by atoms with Crippen LogP contribution in [0.15, 0.2) is 15.8 Å². The first-order valence-corrected chi connectivity index (χ1v) is 5.41. The molecule has 0 aliphatic carbocycles. The summed E-state index contributed by atoms with van der Waals surface area (Å²) in [4.78, 5) is 29.6. The third kappa shape index (κ3) is 2.46. The first kappa shape index (κ1) is 12.0. The van der Waals surface area contributed by atoms with Gasteiger partial charge in [-0.2, -0.15) is 0 Å². The van der Waals surface area contributed by atoms with E-state index in [1.165, 1.54) is 10.8 Å². The van der Waals surface area contributed by atoms with Crippen molar-refractivity contribution in [2.24, 2.45) is 5.90 Å². The zero-order valence-corrected chi connectivity index (χ0v) is 9.51. The van der Waals surface area contributed by atoms with E-state index in [1.54, 1.807) is 6.92 Å². The van der Waals surface area contributed by atoms with Gasteiger partial charge in [-0.05, 0) is 19.8 Å². The molecule has 0 amide bonds. The van der Waals surface area contributed by atoms with Gasteiger partial charge in [0.2, 0.25) is 0 Å². The molecule has 1 aliphatic heterocycles. The Morgan fingerprint density at radius 3 is 3.06 bits per heavy atom. The highest BCUT2D eigenvalue weighted by molar-refractivity contribution is 5.01. The topological polar surface area (TPSA) is 99.3 Å². The number of hydrogen-bond acceptors (Lipinski definition) is 5. The van der Waals surface area contributed by atoms with Gasteiger partial charge in [0.1, 0.15) is 6.23 Å². The van der Waals surface area contributed by atoms with E-state index in [4.69, 9.17) is 10.6 Å². The summed E-state index contributed by atoms with van der Waals surface area (Å²) in [5.41, 5.74) is -0.349. The molecule has 2 rings (SSSR count). The van der Waals surface area contributed by atoms with E-state index in [0.29, 0.717) is 18.6 Å². The highest BCUT2D eigenvalue weighted by atomic mass is 16.6. The first-order valence-electron chi connectivity index (χ1n) is 5.41. The van der Waals surface area contributed by atoms with Crippen LogP contribution in [0.5, 0.6) is 0 Å². The molecule has 0 unspecified atom stereocenters. The van der Waals surface area contributed by atoms with Crippen LogP contribution < -0.4 is 17.1 Å². The molecule has 0 radical (unpaired) electrons. The van der Waals surface area contributed by atoms with Gasteiger partial charge in [0, 0.05) is 11.8 Å². The van der Waals surface area contributed by atoms with Crippen LogP contribution in [-0.4, -0.2) is 22.3 Å². The zero-order valence-electron chi connectivity index (χ0n) is 9.51. The van der Waals surface area contributed by atoms with E-state index in [9.17, 15) is 9.59 Å². The lowest BCUT2D eigenvalue weighted by atomic mass is 10.2. The van der Waals surface area contributed by atoms with Crippen molar-refractivity contribution >= 4 is 0 Å². The molecule has 2 heterocycles. The third-order valence-electron chi connectivity index (χ3n) is 2.82. The Bertz CT molecular complexity index is 507. The van der Waals surface area contributed by atoms with Crippen LogP contribution in [0.4, 0.5) is 0 Å². The molecule has 0 saturated carbocycles. The second kappa shape index (κ2) is 4.82. The van der Waals surface area contributed by atoms with Crippen LogP contribution in [0.3, 0.4) is 0 Å². The summed E-state index contributed by atoms with van der Waals surface area (Å²) in [6.45, 7) is 1.94. The highest BCUT2D eigenvalue weighted by Crippen LogP contribution is 2.26. The molecule has 0 aromatic carbocycles. The van der Waals surface area contributed by atoms with Crippen LogP contribution in [0.25, 0.3) is 0 Å². The summed E-state index contributed by atoms with van der Waals surface area (Å²) in [5, 5.41) is 0. The van der Waals surface area contributed by atoms with Crippen molar-refractivity contribution < 1.29 is 9.57 Å². The SMILES string of the molecule is Cc1cn([C@H]2CC[C@@H](CON)O2)c(=O)[nH]c1=O. The quantitative estimate of drug-likeness (QED) is 0.689. The number of aromatic nitrogens is 2. The summed E-state index contributed by atoms with van der Waals surface area (Å²) in [5.74, 6) is 4.97. The van der Waals surface area contributed by atoms with E-state index in [0.717, 1.165) is 6.42 Å². The molecule has 1 aliphatic rings. The number of nitrogens with one attached hydrogen (secondary N) is 1. The fraction of sp³-hybridized carbons (Fsp3) is 0.600. The average Bonchev–Trinajstić information content (AvgIpc) is 2.72. The van der Waals surface area contributed by atoms with Crippen LogP contribution in [0.1, 0.15) is 24.6 Å². The fourth-order valence-corrected chi connectivity index (χ4v) is 1.92. The predicted molar refractivity (Wildman–Crippen MR) is 59.3 cm³/mol. The molecule has 17 heavy (non-hydrogen) atoms. The molecule has 1 fully saturated rings. The minimum absolute atomic E-state index is 0.107. The minimum Gasteiger partial charge on any atom is -0.352 e. The number of aromatic amines is 1. The maximum atomic E-state index is 11.6. The van der Waals surface area contributed by atoms with E-state index in [1.807, 2.05) is 0 Å². The normalized spacial score (nSPS) is 24.1. The number of nitrogens with two attached hydrogens (primary N) is 1. The molecule has 1 aromatic rings. The Kier molecular flexibility index (Phi) is 3.41. The van der Waals surface area contributed by atoms with E-state index in [-0.39, 0.29) is 17.9 Å². The Morgan fingerprint density at radius 2 is 2.35 bits per heavy atom. The minimum atomic E-state index is -0.458. The zero-order chi connectivity index (χ0) is 12.4. The summed E-state index contributed by atoms with van der Waals surface area (Å²) in [6, 6.07) is 0. The number of nitrogens with zero attached hydrogens (tertiary/aromatic N) is 1. The molecule has 3 N–H and O–H groups in total. The van der Waals surface area contributed by atoms with Gasteiger partial charge in [-0.3, -0.25) is 14.3 Å². The first-order chi connectivity index (χ1) is 8.11. The molecular weight excluding hydrogens is 226 g/mol. The summed E-state index contributed by atoms with van der Waals surface area (Å²) in [7, 11) is 0. The number of ether oxygens (including phenoxy) is 1. The average molecular weight is 241 g/mol. The maximum Gasteiger partial charge on any atom is 0.330 e. The highest BCUT2D eigenvalue weighted by Gasteiger charge is 2.27. The van der Waals surface area contributed by atoms with Crippen LogP contribution in [0, 0.1) is 6.92 Å². The standard InChI is InChI=1S/C10H15N3O4/c1-6-4-13(10(15)12-9(6)14)8-3-2-7(17-8)5-16-11/h4,7-8H,2-3,5,11H2,1H3,(H,12,14,15)/t7-,8+/m0/s1. The van der Waals surface area contributed by atoms with Gasteiger partial charge < -0.3 is 9.57 Å². The van der Waals surface area contributed by atoms with Gasteiger partial charge in [-0.15, -0.1) is 0 Å². The molecule has 94 valence electrons. The number of H-pyrrole nitrogens is 1. The van der Waals surface area contributed by atoms with E-state index < -0.39 is 5.69 Å². The van der Waals surface area contributed by atoms with Crippen molar-refractivity contribution in [2.75, 3.05) is 6.61 Å². The Hall–Kier alpha value is -1.44. The molecule has 7 nitrogen and oxygen atoms in total. The monoisotopic (exact) mass is 241 g/mol. The van der Waals surface area contributed by atoms with E-state index >= 15 is 0 Å². The lowest BCUT2D eigenvalue weighted by molar-refractivity contribution is -0.0435. The summed E-state index contributed by atoms with van der Waals surface area (Å²) in [6.07, 6.45) is 2.51. The van der Waals surface area contributed by atoms with Crippen LogP contribution in [0.2, 0.25) is 0 Å². The molecule has 7 heteroatoms. The van der Waals surface area contributed by atoms with Crippen molar-refractivity contribution in [2.45, 2.75) is 32.1 Å². The second-order valence-electron chi connectivity index (χ2n) is 4.10. The molecule has 2 atom stereocenters. The molecule has 1 saturated heterocycles. The Balaban J connectivity index is 2.22. The summed E-state index contributed by atoms with van der Waals surface area (Å²) >= 11 is 0. The Morgan fingerprint density at radius 1 is 1.59 bits per heavy atom. The van der Waals surface area contributed by atoms with E-state index in [2.05, 4.69) is 9.82 Å². The van der Waals surface area contributed by atoms with Crippen molar-refractivity contribution in [3.63, 3.8) is 0 Å². The molecular formula is C10H15N3O4. The summed E-state index contributed by atoms with van der Waals surface area (Å²) < 4.78 is 7.00. The second-order valence-corrected chi connectivity index (χ2v) is 4.10. The van der Waals surface area contributed by atoms with Crippen molar-refractivity contribution in [3.05, 3.63) is 32.6 Å². The van der Waals surface area contributed by atoms with Crippen molar-refractivity contribution in [1.82, 2.24) is 9.55 Å². The number of hydrogen-bond donors (Lipinski definition) is 2. The van der Waals surface area contributed by atoms with Crippen molar-refractivity contribution in [3.8, 4) is 0 Å². The number of rotatable bonds is 3. The third-order valence-corrected chi connectivity index (χ3v) is 2.82. The lowest BCUT2D eigenvalue weighted by Gasteiger charge is -2.15. The van der Waals surface area contributed by atoms with Gasteiger partial charge >= 0.3 is 5.69 Å². The number of aryl methyl sites for hydroxylation is 1. The van der Waals surface area contributed by atoms with Gasteiger partial charge in [0.05, 0.1) is 12.7 Å². The van der Waals surface area contributed by atoms with Gasteiger partial charge in [0.25, 0.3) is 5.56 Å². The van der Waals surface area contributed by atoms with Gasteiger partial charge in [-0.25, -0.2) is 10.7 Å². The molecule has 0 bridgehead atoms. The molecule has 1 aromatic heterocycles. The lowest BCUT2D eigenvalue weighted by Crippen LogP contribution is -2.33. The predicted octanol–water partition coefficient (Wildman–Crippen LogP) is -0.587. The van der Waals surface area contributed by atoms with Gasteiger partial charge in [0.15, 0.2) is 0 Å². The Labute approximate surface area is 97.1 Å². The van der Waals surface area contributed by atoms with Crippen LogP contribution in [-0.2, 0) is 9.57 Å². The van der Waals surface area contributed by atoms with Crippen LogP contribution >= 0.6 is 0 Å². The fourth-order valence-electron chi connectivity index (χ4n) is 1.92. The largest absolute Gasteiger partial charge is 0.352 e.